The quantitative estimate of drug-likeness (QED) is 0.912. The van der Waals surface area contributed by atoms with E-state index in [1.54, 1.807) is 0 Å². The predicted molar refractivity (Wildman–Crippen MR) is 80.9 cm³/mol. The van der Waals surface area contributed by atoms with Crippen LogP contribution >= 0.6 is 27.5 Å². The predicted octanol–water partition coefficient (Wildman–Crippen LogP) is 3.83. The van der Waals surface area contributed by atoms with Gasteiger partial charge in [0.15, 0.2) is 0 Å². The number of nitrogens with two attached hydrogens (primary N) is 1. The lowest BCUT2D eigenvalue weighted by molar-refractivity contribution is 0.201. The van der Waals surface area contributed by atoms with Gasteiger partial charge in [-0.05, 0) is 50.4 Å². The van der Waals surface area contributed by atoms with E-state index in [4.69, 9.17) is 17.3 Å². The van der Waals surface area contributed by atoms with E-state index in [1.165, 1.54) is 12.0 Å². The van der Waals surface area contributed by atoms with Crippen molar-refractivity contribution in [2.24, 2.45) is 11.7 Å². The van der Waals surface area contributed by atoms with Crippen LogP contribution in [0, 0.1) is 5.92 Å². The normalized spacial score (nSPS) is 26.5. The van der Waals surface area contributed by atoms with Crippen molar-refractivity contribution >= 4 is 27.5 Å². The first kappa shape index (κ1) is 14.3. The summed E-state index contributed by atoms with van der Waals surface area (Å²) in [7, 11) is 0. The maximum atomic E-state index is 6.34. The van der Waals surface area contributed by atoms with E-state index >= 15 is 0 Å². The van der Waals surface area contributed by atoms with Crippen molar-refractivity contribution in [2.45, 2.75) is 32.4 Å². The molecule has 2 nitrogen and oxygen atoms in total. The van der Waals surface area contributed by atoms with Crippen LogP contribution in [0.4, 0.5) is 0 Å². The lowest BCUT2D eigenvalue weighted by Crippen LogP contribution is -2.31. The number of likely N-dealkylation sites (tertiary alicyclic amines) is 1. The SMILES string of the molecule is CC1CC(CN)CN1C(C)c1ccc(Br)cc1Cl. The third-order valence-electron chi connectivity index (χ3n) is 3.95. The second-order valence-corrected chi connectivity index (χ2v) is 6.55. The van der Waals surface area contributed by atoms with Crippen molar-refractivity contribution in [1.82, 2.24) is 4.90 Å². The highest BCUT2D eigenvalue weighted by Gasteiger charge is 2.32. The molecular weight excluding hydrogens is 312 g/mol. The first-order chi connectivity index (χ1) is 8.52. The van der Waals surface area contributed by atoms with Crippen LogP contribution in [0.1, 0.15) is 31.9 Å². The fraction of sp³-hybridized carbons (Fsp3) is 0.571. The Morgan fingerprint density at radius 1 is 1.56 bits per heavy atom. The van der Waals surface area contributed by atoms with Gasteiger partial charge in [0.25, 0.3) is 0 Å². The summed E-state index contributed by atoms with van der Waals surface area (Å²) in [5.74, 6) is 0.622. The summed E-state index contributed by atoms with van der Waals surface area (Å²) in [5.41, 5.74) is 6.99. The summed E-state index contributed by atoms with van der Waals surface area (Å²) in [5, 5.41) is 0.834. The van der Waals surface area contributed by atoms with Crippen molar-refractivity contribution in [3.63, 3.8) is 0 Å². The average Bonchev–Trinajstić information content (AvgIpc) is 2.70. The second kappa shape index (κ2) is 5.91. The Morgan fingerprint density at radius 3 is 2.83 bits per heavy atom. The fourth-order valence-electron chi connectivity index (χ4n) is 2.90. The van der Waals surface area contributed by atoms with Gasteiger partial charge in [-0.2, -0.15) is 0 Å². The van der Waals surface area contributed by atoms with Crippen molar-refractivity contribution < 1.29 is 0 Å². The topological polar surface area (TPSA) is 29.3 Å². The van der Waals surface area contributed by atoms with Gasteiger partial charge in [0.1, 0.15) is 0 Å². The molecule has 18 heavy (non-hydrogen) atoms. The Bertz CT molecular complexity index is 424. The zero-order chi connectivity index (χ0) is 13.3. The molecule has 0 saturated carbocycles. The number of halogens is 2. The van der Waals surface area contributed by atoms with E-state index in [0.717, 1.165) is 22.6 Å². The van der Waals surface area contributed by atoms with Gasteiger partial charge in [0, 0.05) is 28.1 Å². The summed E-state index contributed by atoms with van der Waals surface area (Å²) >= 11 is 9.79. The smallest absolute Gasteiger partial charge is 0.0464 e. The highest BCUT2D eigenvalue weighted by molar-refractivity contribution is 9.10. The van der Waals surface area contributed by atoms with Gasteiger partial charge in [0.05, 0.1) is 0 Å². The molecule has 2 N–H and O–H groups in total. The molecule has 4 heteroatoms. The van der Waals surface area contributed by atoms with Gasteiger partial charge < -0.3 is 5.73 Å². The maximum Gasteiger partial charge on any atom is 0.0464 e. The van der Waals surface area contributed by atoms with Gasteiger partial charge in [0.2, 0.25) is 0 Å². The van der Waals surface area contributed by atoms with Crippen LogP contribution in [0.25, 0.3) is 0 Å². The van der Waals surface area contributed by atoms with E-state index in [-0.39, 0.29) is 0 Å². The highest BCUT2D eigenvalue weighted by Crippen LogP contribution is 2.35. The molecule has 1 fully saturated rings. The van der Waals surface area contributed by atoms with E-state index in [9.17, 15) is 0 Å². The minimum Gasteiger partial charge on any atom is -0.330 e. The van der Waals surface area contributed by atoms with Gasteiger partial charge in [-0.15, -0.1) is 0 Å². The van der Waals surface area contributed by atoms with Crippen LogP contribution in [-0.2, 0) is 0 Å². The van der Waals surface area contributed by atoms with E-state index < -0.39 is 0 Å². The van der Waals surface area contributed by atoms with Crippen molar-refractivity contribution in [2.75, 3.05) is 13.1 Å². The lowest BCUT2D eigenvalue weighted by atomic mass is 10.1. The Balaban J connectivity index is 2.18. The molecular formula is C14H20BrClN2. The number of hydrogen-bond acceptors (Lipinski definition) is 2. The van der Waals surface area contributed by atoms with Crippen LogP contribution < -0.4 is 5.73 Å². The molecule has 100 valence electrons. The third-order valence-corrected chi connectivity index (χ3v) is 4.77. The first-order valence-corrected chi connectivity index (χ1v) is 7.60. The summed E-state index contributed by atoms with van der Waals surface area (Å²) in [6.07, 6.45) is 1.19. The molecule has 1 saturated heterocycles. The van der Waals surface area contributed by atoms with E-state index in [0.29, 0.717) is 18.0 Å². The van der Waals surface area contributed by atoms with Gasteiger partial charge in [-0.1, -0.05) is 33.6 Å². The molecule has 1 aromatic rings. The summed E-state index contributed by atoms with van der Waals surface area (Å²) in [6.45, 7) is 6.36. The molecule has 0 aromatic heterocycles. The first-order valence-electron chi connectivity index (χ1n) is 6.43. The average molecular weight is 332 g/mol. The lowest BCUT2D eigenvalue weighted by Gasteiger charge is -2.29. The van der Waals surface area contributed by atoms with E-state index in [1.807, 2.05) is 6.07 Å². The number of benzene rings is 1. The highest BCUT2D eigenvalue weighted by atomic mass is 79.9. The molecule has 1 aromatic carbocycles. The molecule has 0 spiro atoms. The zero-order valence-corrected chi connectivity index (χ0v) is 13.2. The van der Waals surface area contributed by atoms with Crippen LogP contribution in [0.15, 0.2) is 22.7 Å². The van der Waals surface area contributed by atoms with Crippen LogP contribution in [-0.4, -0.2) is 24.0 Å². The van der Waals surface area contributed by atoms with Crippen LogP contribution in [0.2, 0.25) is 5.02 Å². The van der Waals surface area contributed by atoms with Gasteiger partial charge >= 0.3 is 0 Å². The molecule has 1 heterocycles. The van der Waals surface area contributed by atoms with Gasteiger partial charge in [-0.3, -0.25) is 4.90 Å². The Morgan fingerprint density at radius 2 is 2.28 bits per heavy atom. The van der Waals surface area contributed by atoms with Crippen LogP contribution in [0.5, 0.6) is 0 Å². The second-order valence-electron chi connectivity index (χ2n) is 5.23. The Kier molecular flexibility index (Phi) is 4.70. The molecule has 0 amide bonds. The molecule has 0 bridgehead atoms. The number of hydrogen-bond donors (Lipinski definition) is 1. The summed E-state index contributed by atoms with van der Waals surface area (Å²) < 4.78 is 1.03. The fourth-order valence-corrected chi connectivity index (χ4v) is 3.73. The standard InChI is InChI=1S/C14H20BrClN2/c1-9-5-11(7-17)8-18(9)10(2)13-4-3-12(15)6-14(13)16/h3-4,6,9-11H,5,7-8,17H2,1-2H3. The van der Waals surface area contributed by atoms with Crippen LogP contribution in [0.3, 0.4) is 0 Å². The Hall–Kier alpha value is -0.0900. The van der Waals surface area contributed by atoms with E-state index in [2.05, 4.69) is 46.8 Å². The largest absolute Gasteiger partial charge is 0.330 e. The molecule has 0 radical (unpaired) electrons. The van der Waals surface area contributed by atoms with Crippen molar-refractivity contribution in [3.05, 3.63) is 33.3 Å². The zero-order valence-electron chi connectivity index (χ0n) is 10.9. The molecule has 3 unspecified atom stereocenters. The third kappa shape index (κ3) is 2.90. The molecule has 3 atom stereocenters. The summed E-state index contributed by atoms with van der Waals surface area (Å²) in [6, 6.07) is 7.05. The number of nitrogens with zero attached hydrogens (tertiary/aromatic N) is 1. The molecule has 2 rings (SSSR count). The monoisotopic (exact) mass is 330 g/mol. The minimum atomic E-state index is 0.345. The Labute approximate surface area is 123 Å². The maximum absolute atomic E-state index is 6.34. The number of rotatable bonds is 3. The minimum absolute atomic E-state index is 0.345. The summed E-state index contributed by atoms with van der Waals surface area (Å²) in [4.78, 5) is 2.51. The molecule has 0 aliphatic carbocycles. The molecule has 1 aliphatic heterocycles. The van der Waals surface area contributed by atoms with Crippen molar-refractivity contribution in [3.8, 4) is 0 Å². The van der Waals surface area contributed by atoms with Gasteiger partial charge in [-0.25, -0.2) is 0 Å². The molecule has 1 aliphatic rings. The van der Waals surface area contributed by atoms with Crippen molar-refractivity contribution in [1.29, 1.82) is 0 Å².